The molecule has 150 valence electrons. The molecule has 3 rings (SSSR count). The molecule has 1 heterocycles. The molecule has 1 amide bonds. The van der Waals surface area contributed by atoms with Gasteiger partial charge in [-0.1, -0.05) is 35.9 Å². The Hall–Kier alpha value is -2.25. The molecule has 0 N–H and O–H groups in total. The Morgan fingerprint density at radius 1 is 1.18 bits per heavy atom. The van der Waals surface area contributed by atoms with E-state index < -0.39 is 6.36 Å². The van der Waals surface area contributed by atoms with Crippen LogP contribution in [0.3, 0.4) is 0 Å². The summed E-state index contributed by atoms with van der Waals surface area (Å²) in [5, 5.41) is 0.400. The number of halogens is 4. The SMILES string of the molecule is O=C(c1ccccc1Cl)N1CCC[C@H](OCc2cccc(OC(F)(F)F)c2)C1. The van der Waals surface area contributed by atoms with Crippen LogP contribution in [-0.2, 0) is 11.3 Å². The quantitative estimate of drug-likeness (QED) is 0.687. The van der Waals surface area contributed by atoms with Crippen LogP contribution in [0.1, 0.15) is 28.8 Å². The maximum atomic E-state index is 12.7. The van der Waals surface area contributed by atoms with Crippen LogP contribution in [0.15, 0.2) is 48.5 Å². The van der Waals surface area contributed by atoms with E-state index in [4.69, 9.17) is 16.3 Å². The third-order valence-electron chi connectivity index (χ3n) is 4.39. The van der Waals surface area contributed by atoms with Crippen LogP contribution in [0.5, 0.6) is 5.75 Å². The minimum absolute atomic E-state index is 0.133. The van der Waals surface area contributed by atoms with Gasteiger partial charge in [-0.15, -0.1) is 13.2 Å². The van der Waals surface area contributed by atoms with Crippen molar-refractivity contribution in [2.75, 3.05) is 13.1 Å². The number of rotatable bonds is 5. The van der Waals surface area contributed by atoms with E-state index in [-0.39, 0.29) is 24.4 Å². The van der Waals surface area contributed by atoms with Crippen LogP contribution in [-0.4, -0.2) is 36.4 Å². The monoisotopic (exact) mass is 413 g/mol. The van der Waals surface area contributed by atoms with Crippen molar-refractivity contribution in [1.82, 2.24) is 4.90 Å². The molecule has 28 heavy (non-hydrogen) atoms. The Labute approximate surface area is 165 Å². The van der Waals surface area contributed by atoms with Crippen LogP contribution < -0.4 is 4.74 Å². The second-order valence-corrected chi connectivity index (χ2v) is 6.91. The molecule has 0 bridgehead atoms. The number of nitrogens with zero attached hydrogens (tertiary/aromatic N) is 1. The lowest BCUT2D eigenvalue weighted by Gasteiger charge is -2.33. The summed E-state index contributed by atoms with van der Waals surface area (Å²) in [4.78, 5) is 14.4. The molecule has 0 aliphatic carbocycles. The van der Waals surface area contributed by atoms with E-state index in [0.717, 1.165) is 12.8 Å². The Morgan fingerprint density at radius 3 is 2.71 bits per heavy atom. The number of benzene rings is 2. The van der Waals surface area contributed by atoms with E-state index in [9.17, 15) is 18.0 Å². The fourth-order valence-electron chi connectivity index (χ4n) is 3.11. The Balaban J connectivity index is 1.58. The summed E-state index contributed by atoms with van der Waals surface area (Å²) in [6, 6.07) is 12.5. The molecule has 2 aromatic rings. The Morgan fingerprint density at radius 2 is 1.96 bits per heavy atom. The van der Waals surface area contributed by atoms with Crippen LogP contribution in [0.4, 0.5) is 13.2 Å². The number of ether oxygens (including phenoxy) is 2. The van der Waals surface area contributed by atoms with Gasteiger partial charge in [0.1, 0.15) is 5.75 Å². The maximum Gasteiger partial charge on any atom is 0.573 e. The largest absolute Gasteiger partial charge is 0.573 e. The van der Waals surface area contributed by atoms with E-state index in [1.165, 1.54) is 18.2 Å². The van der Waals surface area contributed by atoms with Crippen molar-refractivity contribution in [2.24, 2.45) is 0 Å². The molecule has 1 aliphatic rings. The number of likely N-dealkylation sites (tertiary alicyclic amines) is 1. The number of alkyl halides is 3. The zero-order valence-corrected chi connectivity index (χ0v) is 15.7. The minimum atomic E-state index is -4.73. The summed E-state index contributed by atoms with van der Waals surface area (Å²) in [5.74, 6) is -0.438. The van der Waals surface area contributed by atoms with E-state index in [2.05, 4.69) is 4.74 Å². The lowest BCUT2D eigenvalue weighted by Crippen LogP contribution is -2.43. The molecule has 1 fully saturated rings. The highest BCUT2D eigenvalue weighted by atomic mass is 35.5. The molecule has 0 saturated carbocycles. The topological polar surface area (TPSA) is 38.8 Å². The number of amides is 1. The highest BCUT2D eigenvalue weighted by Gasteiger charge is 2.31. The van der Waals surface area contributed by atoms with Gasteiger partial charge in [0.05, 0.1) is 23.3 Å². The van der Waals surface area contributed by atoms with Crippen molar-refractivity contribution in [3.63, 3.8) is 0 Å². The predicted octanol–water partition coefficient (Wildman–Crippen LogP) is 5.06. The van der Waals surface area contributed by atoms with Crippen molar-refractivity contribution < 1.29 is 27.4 Å². The van der Waals surface area contributed by atoms with Gasteiger partial charge in [-0.25, -0.2) is 0 Å². The third-order valence-corrected chi connectivity index (χ3v) is 4.72. The fraction of sp³-hybridized carbons (Fsp3) is 0.350. The van der Waals surface area contributed by atoms with Gasteiger partial charge in [0.15, 0.2) is 0 Å². The number of piperidine rings is 1. The molecule has 1 aliphatic heterocycles. The molecule has 8 heteroatoms. The first kappa shape index (κ1) is 20.5. The van der Waals surface area contributed by atoms with Crippen molar-refractivity contribution in [2.45, 2.75) is 31.9 Å². The van der Waals surface area contributed by atoms with Crippen LogP contribution in [0, 0.1) is 0 Å². The smallest absolute Gasteiger partial charge is 0.406 e. The molecule has 0 radical (unpaired) electrons. The van der Waals surface area contributed by atoms with E-state index in [1.54, 1.807) is 35.2 Å². The van der Waals surface area contributed by atoms with Gasteiger partial charge in [-0.3, -0.25) is 4.79 Å². The Kier molecular flexibility index (Phi) is 6.46. The number of hydrogen-bond donors (Lipinski definition) is 0. The highest BCUT2D eigenvalue weighted by Crippen LogP contribution is 2.25. The third kappa shape index (κ3) is 5.62. The normalized spacial score (nSPS) is 17.4. The van der Waals surface area contributed by atoms with Gasteiger partial charge in [-0.2, -0.15) is 0 Å². The molecule has 0 unspecified atom stereocenters. The second-order valence-electron chi connectivity index (χ2n) is 6.50. The zero-order valence-electron chi connectivity index (χ0n) is 14.9. The summed E-state index contributed by atoms with van der Waals surface area (Å²) in [5.41, 5.74) is 1.01. The average Bonchev–Trinajstić information content (AvgIpc) is 2.65. The first-order valence-corrected chi connectivity index (χ1v) is 9.20. The predicted molar refractivity (Wildman–Crippen MR) is 98.3 cm³/mol. The van der Waals surface area contributed by atoms with Crippen molar-refractivity contribution >= 4 is 17.5 Å². The van der Waals surface area contributed by atoms with E-state index in [1.807, 2.05) is 0 Å². The molecule has 4 nitrogen and oxygen atoms in total. The van der Waals surface area contributed by atoms with Crippen LogP contribution in [0.25, 0.3) is 0 Å². The Bertz CT molecular complexity index is 828. The lowest BCUT2D eigenvalue weighted by atomic mass is 10.1. The standard InChI is InChI=1S/C20H19ClF3NO3/c21-18-9-2-1-8-17(18)19(26)25-10-4-7-16(12-25)27-13-14-5-3-6-15(11-14)28-20(22,23)24/h1-3,5-6,8-9,11,16H,4,7,10,12-13H2/t16-/m0/s1. The maximum absolute atomic E-state index is 12.7. The highest BCUT2D eigenvalue weighted by molar-refractivity contribution is 6.33. The molecule has 0 aromatic heterocycles. The van der Waals surface area contributed by atoms with Crippen molar-refractivity contribution in [1.29, 1.82) is 0 Å². The molecule has 0 spiro atoms. The second kappa shape index (κ2) is 8.84. The number of carbonyl (C=O) groups excluding carboxylic acids is 1. The average molecular weight is 414 g/mol. The lowest BCUT2D eigenvalue weighted by molar-refractivity contribution is -0.274. The summed E-state index contributed by atoms with van der Waals surface area (Å²) in [6.07, 6.45) is -3.39. The minimum Gasteiger partial charge on any atom is -0.406 e. The molecule has 2 aromatic carbocycles. The van der Waals surface area contributed by atoms with Crippen LogP contribution >= 0.6 is 11.6 Å². The fourth-order valence-corrected chi connectivity index (χ4v) is 3.33. The number of hydrogen-bond acceptors (Lipinski definition) is 3. The van der Waals surface area contributed by atoms with Gasteiger partial charge in [0.2, 0.25) is 0 Å². The summed E-state index contributed by atoms with van der Waals surface area (Å²) in [7, 11) is 0. The first-order chi connectivity index (χ1) is 13.3. The summed E-state index contributed by atoms with van der Waals surface area (Å²) in [6.45, 7) is 1.15. The molecule has 1 saturated heterocycles. The van der Waals surface area contributed by atoms with Gasteiger partial charge in [-0.05, 0) is 42.7 Å². The first-order valence-electron chi connectivity index (χ1n) is 8.82. The van der Waals surface area contributed by atoms with Gasteiger partial charge >= 0.3 is 6.36 Å². The van der Waals surface area contributed by atoms with Gasteiger partial charge in [0, 0.05) is 13.1 Å². The van der Waals surface area contributed by atoms with Crippen molar-refractivity contribution in [3.05, 3.63) is 64.7 Å². The van der Waals surface area contributed by atoms with Gasteiger partial charge in [0.25, 0.3) is 5.91 Å². The van der Waals surface area contributed by atoms with E-state index in [0.29, 0.717) is 29.2 Å². The van der Waals surface area contributed by atoms with Crippen molar-refractivity contribution in [3.8, 4) is 5.75 Å². The van der Waals surface area contributed by atoms with Gasteiger partial charge < -0.3 is 14.4 Å². The zero-order chi connectivity index (χ0) is 20.1. The summed E-state index contributed by atoms with van der Waals surface area (Å²) < 4.78 is 46.8. The molecule has 1 atom stereocenters. The molecular weight excluding hydrogens is 395 g/mol. The van der Waals surface area contributed by atoms with E-state index >= 15 is 0 Å². The molecular formula is C20H19ClF3NO3. The summed E-state index contributed by atoms with van der Waals surface area (Å²) >= 11 is 6.11. The van der Waals surface area contributed by atoms with Crippen LogP contribution in [0.2, 0.25) is 5.02 Å². The number of carbonyl (C=O) groups is 1.